The van der Waals surface area contributed by atoms with Gasteiger partial charge in [-0.25, -0.2) is 9.37 Å². The van der Waals surface area contributed by atoms with E-state index in [0.29, 0.717) is 6.54 Å². The highest BCUT2D eigenvalue weighted by molar-refractivity contribution is 7.99. The maximum absolute atomic E-state index is 12.9. The topological polar surface area (TPSA) is 62.2 Å². The number of carbonyl (C=O) groups is 1. The number of rotatable bonds is 7. The van der Waals surface area contributed by atoms with E-state index >= 15 is 0 Å². The summed E-state index contributed by atoms with van der Waals surface area (Å²) in [5.41, 5.74) is 0.0389. The molecule has 1 aromatic rings. The summed E-state index contributed by atoms with van der Waals surface area (Å²) in [5, 5.41) is 11.2. The van der Waals surface area contributed by atoms with Gasteiger partial charge in [0.05, 0.1) is 11.8 Å². The zero-order valence-corrected chi connectivity index (χ0v) is 11.2. The zero-order chi connectivity index (χ0) is 13.4. The van der Waals surface area contributed by atoms with E-state index < -0.39 is 11.7 Å². The highest BCUT2D eigenvalue weighted by Gasteiger charge is 2.11. The van der Waals surface area contributed by atoms with Gasteiger partial charge < -0.3 is 10.4 Å². The van der Waals surface area contributed by atoms with E-state index in [1.165, 1.54) is 0 Å². The molecular formula is C11H14ClFN2O2S. The van der Waals surface area contributed by atoms with Crippen LogP contribution in [0.5, 0.6) is 0 Å². The molecular weight excluding hydrogens is 279 g/mol. The van der Waals surface area contributed by atoms with E-state index in [9.17, 15) is 9.18 Å². The van der Waals surface area contributed by atoms with Gasteiger partial charge in [-0.05, 0) is 18.2 Å². The number of nitrogens with zero attached hydrogens (tertiary/aromatic N) is 1. The Hall–Kier alpha value is -0.850. The molecule has 100 valence electrons. The lowest BCUT2D eigenvalue weighted by Gasteiger charge is -2.06. The minimum Gasteiger partial charge on any atom is -0.396 e. The van der Waals surface area contributed by atoms with Crippen LogP contribution in [0.1, 0.15) is 16.8 Å². The molecule has 0 fully saturated rings. The van der Waals surface area contributed by atoms with Crippen LogP contribution in [-0.4, -0.2) is 40.7 Å². The van der Waals surface area contributed by atoms with E-state index in [0.717, 1.165) is 30.2 Å². The lowest BCUT2D eigenvalue weighted by atomic mass is 10.2. The first-order chi connectivity index (χ1) is 8.65. The standard InChI is InChI=1S/C11H14ClFN2O2S/c12-10-9(6-8(13)7-15-10)11(17)14-2-5-18-4-1-3-16/h6-7,16H,1-5H2,(H,14,17). The van der Waals surface area contributed by atoms with E-state index in [1.807, 2.05) is 0 Å². The molecule has 0 spiro atoms. The van der Waals surface area contributed by atoms with Crippen LogP contribution in [0.25, 0.3) is 0 Å². The monoisotopic (exact) mass is 292 g/mol. The highest BCUT2D eigenvalue weighted by Crippen LogP contribution is 2.13. The number of pyridine rings is 1. The van der Waals surface area contributed by atoms with Crippen LogP contribution in [0.15, 0.2) is 12.3 Å². The Balaban J connectivity index is 2.34. The van der Waals surface area contributed by atoms with Gasteiger partial charge >= 0.3 is 0 Å². The summed E-state index contributed by atoms with van der Waals surface area (Å²) in [6.07, 6.45) is 1.70. The third-order valence-electron chi connectivity index (χ3n) is 2.03. The molecule has 0 unspecified atom stereocenters. The Morgan fingerprint density at radius 3 is 3.06 bits per heavy atom. The van der Waals surface area contributed by atoms with E-state index in [2.05, 4.69) is 10.3 Å². The molecule has 0 radical (unpaired) electrons. The molecule has 0 saturated carbocycles. The van der Waals surface area contributed by atoms with Gasteiger partial charge in [-0.3, -0.25) is 4.79 Å². The van der Waals surface area contributed by atoms with Crippen molar-refractivity contribution in [1.29, 1.82) is 0 Å². The second-order valence-electron chi connectivity index (χ2n) is 3.44. The first-order valence-corrected chi connectivity index (χ1v) is 6.96. The predicted molar refractivity (Wildman–Crippen MR) is 70.6 cm³/mol. The first-order valence-electron chi connectivity index (χ1n) is 5.43. The summed E-state index contributed by atoms with van der Waals surface area (Å²) in [6, 6.07) is 1.06. The second-order valence-corrected chi connectivity index (χ2v) is 5.02. The predicted octanol–water partition coefficient (Wildman–Crippen LogP) is 1.72. The van der Waals surface area contributed by atoms with Crippen LogP contribution in [0.3, 0.4) is 0 Å². The van der Waals surface area contributed by atoms with Crippen molar-refractivity contribution in [3.63, 3.8) is 0 Å². The van der Waals surface area contributed by atoms with Crippen molar-refractivity contribution in [1.82, 2.24) is 10.3 Å². The summed E-state index contributed by atoms with van der Waals surface area (Å²) in [6.45, 7) is 0.631. The molecule has 4 nitrogen and oxygen atoms in total. The fourth-order valence-corrected chi connectivity index (χ4v) is 2.16. The van der Waals surface area contributed by atoms with Crippen LogP contribution < -0.4 is 5.32 Å². The minimum absolute atomic E-state index is 0.0122. The molecule has 0 saturated heterocycles. The highest BCUT2D eigenvalue weighted by atomic mass is 35.5. The van der Waals surface area contributed by atoms with Crippen LogP contribution in [0.4, 0.5) is 4.39 Å². The third-order valence-corrected chi connectivity index (χ3v) is 3.40. The molecule has 0 aliphatic carbocycles. The molecule has 0 aliphatic heterocycles. The summed E-state index contributed by atoms with van der Waals surface area (Å²) in [5.74, 6) is 0.539. The zero-order valence-electron chi connectivity index (χ0n) is 9.66. The van der Waals surface area contributed by atoms with Gasteiger partial charge in [-0.1, -0.05) is 11.6 Å². The van der Waals surface area contributed by atoms with Crippen LogP contribution >= 0.6 is 23.4 Å². The van der Waals surface area contributed by atoms with Crippen molar-refractivity contribution in [2.24, 2.45) is 0 Å². The Morgan fingerprint density at radius 2 is 2.33 bits per heavy atom. The van der Waals surface area contributed by atoms with Gasteiger partial charge in [0.15, 0.2) is 0 Å². The minimum atomic E-state index is -0.595. The lowest BCUT2D eigenvalue weighted by molar-refractivity contribution is 0.0955. The van der Waals surface area contributed by atoms with Gasteiger partial charge in [0.2, 0.25) is 0 Å². The van der Waals surface area contributed by atoms with Gasteiger partial charge in [-0.15, -0.1) is 0 Å². The van der Waals surface area contributed by atoms with Crippen molar-refractivity contribution in [3.8, 4) is 0 Å². The van der Waals surface area contributed by atoms with Crippen molar-refractivity contribution in [2.75, 3.05) is 24.7 Å². The average Bonchev–Trinajstić information content (AvgIpc) is 2.36. The average molecular weight is 293 g/mol. The number of carbonyl (C=O) groups excluding carboxylic acids is 1. The number of hydrogen-bond donors (Lipinski definition) is 2. The Kier molecular flexibility index (Phi) is 7.00. The summed E-state index contributed by atoms with van der Waals surface area (Å²) in [4.78, 5) is 15.2. The van der Waals surface area contributed by atoms with Crippen LogP contribution in [0, 0.1) is 5.82 Å². The van der Waals surface area contributed by atoms with E-state index in [-0.39, 0.29) is 17.3 Å². The molecule has 1 rings (SSSR count). The van der Waals surface area contributed by atoms with E-state index in [4.69, 9.17) is 16.7 Å². The van der Waals surface area contributed by atoms with Crippen molar-refractivity contribution in [2.45, 2.75) is 6.42 Å². The Morgan fingerprint density at radius 1 is 1.56 bits per heavy atom. The molecule has 1 amide bonds. The molecule has 0 aromatic carbocycles. The number of halogens is 2. The van der Waals surface area contributed by atoms with Crippen LogP contribution in [-0.2, 0) is 0 Å². The van der Waals surface area contributed by atoms with Crippen molar-refractivity contribution >= 4 is 29.3 Å². The molecule has 0 atom stereocenters. The summed E-state index contributed by atoms with van der Waals surface area (Å²) >= 11 is 7.33. The molecule has 0 bridgehead atoms. The normalized spacial score (nSPS) is 10.4. The Labute approximate surface area is 114 Å². The Bertz CT molecular complexity index is 407. The van der Waals surface area contributed by atoms with Crippen molar-refractivity contribution < 1.29 is 14.3 Å². The quantitative estimate of drug-likeness (QED) is 0.593. The number of hydrogen-bond acceptors (Lipinski definition) is 4. The number of nitrogens with one attached hydrogen (secondary N) is 1. The number of thioether (sulfide) groups is 1. The fourth-order valence-electron chi connectivity index (χ4n) is 1.18. The number of aliphatic hydroxyl groups is 1. The molecule has 7 heteroatoms. The summed E-state index contributed by atoms with van der Waals surface area (Å²) in [7, 11) is 0. The number of amides is 1. The molecule has 0 aliphatic rings. The molecule has 18 heavy (non-hydrogen) atoms. The fraction of sp³-hybridized carbons (Fsp3) is 0.455. The third kappa shape index (κ3) is 5.20. The maximum Gasteiger partial charge on any atom is 0.254 e. The SMILES string of the molecule is O=C(NCCSCCCO)c1cc(F)cnc1Cl. The number of aromatic nitrogens is 1. The maximum atomic E-state index is 12.9. The number of aliphatic hydroxyl groups excluding tert-OH is 1. The van der Waals surface area contributed by atoms with Crippen molar-refractivity contribution in [3.05, 3.63) is 28.8 Å². The molecule has 1 aromatic heterocycles. The van der Waals surface area contributed by atoms with Gasteiger partial charge in [-0.2, -0.15) is 11.8 Å². The van der Waals surface area contributed by atoms with E-state index in [1.54, 1.807) is 11.8 Å². The second kappa shape index (κ2) is 8.29. The van der Waals surface area contributed by atoms with Gasteiger partial charge in [0.25, 0.3) is 5.91 Å². The largest absolute Gasteiger partial charge is 0.396 e. The van der Waals surface area contributed by atoms with Gasteiger partial charge in [0.1, 0.15) is 11.0 Å². The first kappa shape index (κ1) is 15.2. The van der Waals surface area contributed by atoms with Gasteiger partial charge in [0, 0.05) is 18.9 Å². The van der Waals surface area contributed by atoms with Crippen LogP contribution in [0.2, 0.25) is 5.15 Å². The summed E-state index contributed by atoms with van der Waals surface area (Å²) < 4.78 is 12.9. The molecule has 1 heterocycles. The smallest absolute Gasteiger partial charge is 0.254 e. The molecule has 2 N–H and O–H groups in total. The lowest BCUT2D eigenvalue weighted by Crippen LogP contribution is -2.26.